The normalized spacial score (nSPS) is 14.6. The topological polar surface area (TPSA) is 38.3 Å². The number of carbonyl (C=O) groups is 1. The highest BCUT2D eigenvalue weighted by atomic mass is 16.5. The summed E-state index contributed by atoms with van der Waals surface area (Å²) in [5, 5.41) is 3.46. The summed E-state index contributed by atoms with van der Waals surface area (Å²) in [4.78, 5) is 12.2. The summed E-state index contributed by atoms with van der Waals surface area (Å²) in [6.07, 6.45) is 0. The highest BCUT2D eigenvalue weighted by Gasteiger charge is 2.29. The monoisotopic (exact) mass is 327 g/mol. The fraction of sp³-hybridized carbons (Fsp3) is 0.0455. The number of ether oxygens (including phenoxy) is 1. The molecule has 0 aliphatic carbocycles. The van der Waals surface area contributed by atoms with E-state index < -0.39 is 0 Å². The van der Waals surface area contributed by atoms with Crippen molar-refractivity contribution < 1.29 is 9.53 Å². The van der Waals surface area contributed by atoms with Gasteiger partial charge in [0.05, 0.1) is 11.3 Å². The number of hydrogen-bond acceptors (Lipinski definition) is 3. The molecule has 1 heterocycles. The number of esters is 1. The van der Waals surface area contributed by atoms with Crippen LogP contribution in [0.5, 0.6) is 0 Å². The minimum absolute atomic E-state index is 0.305. The van der Waals surface area contributed by atoms with Gasteiger partial charge in [0.2, 0.25) is 0 Å². The van der Waals surface area contributed by atoms with Crippen LogP contribution >= 0.6 is 0 Å². The van der Waals surface area contributed by atoms with Gasteiger partial charge in [-0.3, -0.25) is 0 Å². The minimum Gasteiger partial charge on any atom is -0.420 e. The van der Waals surface area contributed by atoms with Crippen molar-refractivity contribution in [1.82, 2.24) is 5.32 Å². The molecule has 0 radical (unpaired) electrons. The van der Waals surface area contributed by atoms with Crippen molar-refractivity contribution in [3.8, 4) is 0 Å². The molecule has 0 bridgehead atoms. The van der Waals surface area contributed by atoms with Gasteiger partial charge >= 0.3 is 5.97 Å². The maximum atomic E-state index is 12.2. The quantitative estimate of drug-likeness (QED) is 0.718. The highest BCUT2D eigenvalue weighted by molar-refractivity contribution is 6.07. The largest absolute Gasteiger partial charge is 0.420 e. The van der Waals surface area contributed by atoms with E-state index in [0.29, 0.717) is 17.9 Å². The van der Waals surface area contributed by atoms with Gasteiger partial charge in [-0.15, -0.1) is 0 Å². The van der Waals surface area contributed by atoms with E-state index in [9.17, 15) is 4.79 Å². The van der Waals surface area contributed by atoms with Gasteiger partial charge in [0.15, 0.2) is 5.76 Å². The molecule has 3 aromatic carbocycles. The maximum Gasteiger partial charge on any atom is 0.344 e. The molecule has 0 atom stereocenters. The Balaban J connectivity index is 1.78. The second-order valence-corrected chi connectivity index (χ2v) is 5.84. The van der Waals surface area contributed by atoms with Crippen molar-refractivity contribution in [1.29, 1.82) is 0 Å². The molecule has 0 saturated carbocycles. The molecule has 122 valence electrons. The number of fused-ring (bicyclic) bond motifs is 1. The molecule has 1 aliphatic heterocycles. The van der Waals surface area contributed by atoms with Crippen LogP contribution in [0.4, 0.5) is 0 Å². The molecule has 0 unspecified atom stereocenters. The van der Waals surface area contributed by atoms with E-state index in [4.69, 9.17) is 4.74 Å². The van der Waals surface area contributed by atoms with Crippen LogP contribution in [-0.4, -0.2) is 5.97 Å². The summed E-state index contributed by atoms with van der Waals surface area (Å²) in [6.45, 7) is 0.647. The van der Waals surface area contributed by atoms with E-state index in [1.54, 1.807) is 6.07 Å². The van der Waals surface area contributed by atoms with Gasteiger partial charge in [-0.25, -0.2) is 4.79 Å². The first-order valence-corrected chi connectivity index (χ1v) is 8.22. The predicted molar refractivity (Wildman–Crippen MR) is 98.4 cm³/mol. The number of rotatable bonds is 4. The zero-order chi connectivity index (χ0) is 17.1. The van der Waals surface area contributed by atoms with Crippen molar-refractivity contribution >= 4 is 17.4 Å². The molecule has 0 amide bonds. The van der Waals surface area contributed by atoms with E-state index in [-0.39, 0.29) is 5.97 Å². The van der Waals surface area contributed by atoms with E-state index >= 15 is 0 Å². The fourth-order valence-electron chi connectivity index (χ4n) is 2.95. The maximum absolute atomic E-state index is 12.2. The molecular formula is C22H17NO2. The third-order valence-electron chi connectivity index (χ3n) is 4.19. The zero-order valence-electron chi connectivity index (χ0n) is 13.6. The van der Waals surface area contributed by atoms with E-state index in [0.717, 1.165) is 22.4 Å². The van der Waals surface area contributed by atoms with Gasteiger partial charge in [0.25, 0.3) is 0 Å². The van der Waals surface area contributed by atoms with Crippen LogP contribution in [0.1, 0.15) is 27.0 Å². The zero-order valence-corrected chi connectivity index (χ0v) is 13.6. The Labute approximate surface area is 146 Å². The first-order chi connectivity index (χ1) is 12.3. The summed E-state index contributed by atoms with van der Waals surface area (Å²) in [6, 6.07) is 27.6. The van der Waals surface area contributed by atoms with Crippen LogP contribution < -0.4 is 5.32 Å². The van der Waals surface area contributed by atoms with Crippen LogP contribution in [0.15, 0.2) is 84.9 Å². The number of nitrogens with one attached hydrogen (secondary N) is 1. The van der Waals surface area contributed by atoms with Crippen molar-refractivity contribution in [2.24, 2.45) is 0 Å². The SMILES string of the molecule is O=C1OC(=C(NCc2ccccc2)c2ccccc2)c2ccccc21. The summed E-state index contributed by atoms with van der Waals surface area (Å²) in [7, 11) is 0. The summed E-state index contributed by atoms with van der Waals surface area (Å²) in [5.41, 5.74) is 4.40. The average Bonchev–Trinajstić information content (AvgIpc) is 3.01. The Bertz CT molecular complexity index is 931. The third kappa shape index (κ3) is 3.04. The van der Waals surface area contributed by atoms with Gasteiger partial charge in [-0.2, -0.15) is 0 Å². The van der Waals surface area contributed by atoms with Gasteiger partial charge in [-0.1, -0.05) is 78.9 Å². The van der Waals surface area contributed by atoms with Crippen molar-refractivity contribution in [3.63, 3.8) is 0 Å². The van der Waals surface area contributed by atoms with Gasteiger partial charge in [0, 0.05) is 17.7 Å². The molecule has 0 aromatic heterocycles. The Morgan fingerprint density at radius 3 is 2.08 bits per heavy atom. The van der Waals surface area contributed by atoms with E-state index in [2.05, 4.69) is 17.4 Å². The molecule has 4 rings (SSSR count). The number of carbonyl (C=O) groups excluding carboxylic acids is 1. The second kappa shape index (κ2) is 6.65. The minimum atomic E-state index is -0.305. The van der Waals surface area contributed by atoms with Crippen LogP contribution in [0.2, 0.25) is 0 Å². The lowest BCUT2D eigenvalue weighted by Crippen LogP contribution is -2.14. The molecular weight excluding hydrogens is 310 g/mol. The standard InChI is InChI=1S/C22H17NO2/c24-22-19-14-8-7-13-18(19)21(25-22)20(17-11-5-2-6-12-17)23-15-16-9-3-1-4-10-16/h1-14,23H,15H2. The Morgan fingerprint density at radius 1 is 0.760 bits per heavy atom. The number of hydrogen-bond donors (Lipinski definition) is 1. The number of benzene rings is 3. The number of cyclic esters (lactones) is 1. The highest BCUT2D eigenvalue weighted by Crippen LogP contribution is 2.34. The van der Waals surface area contributed by atoms with Crippen LogP contribution in [0.3, 0.4) is 0 Å². The summed E-state index contributed by atoms with van der Waals surface area (Å²) >= 11 is 0. The fourth-order valence-corrected chi connectivity index (χ4v) is 2.95. The Kier molecular flexibility index (Phi) is 4.05. The van der Waals surface area contributed by atoms with Gasteiger partial charge < -0.3 is 10.1 Å². The van der Waals surface area contributed by atoms with Crippen LogP contribution in [0.25, 0.3) is 11.5 Å². The van der Waals surface area contributed by atoms with Gasteiger partial charge in [0.1, 0.15) is 0 Å². The molecule has 0 fully saturated rings. The Hall–Kier alpha value is -3.33. The lowest BCUT2D eigenvalue weighted by molar-refractivity contribution is 0.0716. The van der Waals surface area contributed by atoms with E-state index in [1.807, 2.05) is 66.7 Å². The predicted octanol–water partition coefficient (Wildman–Crippen LogP) is 4.47. The molecule has 0 spiro atoms. The third-order valence-corrected chi connectivity index (χ3v) is 4.19. The van der Waals surface area contributed by atoms with Crippen molar-refractivity contribution in [3.05, 3.63) is 107 Å². The molecule has 3 aromatic rings. The molecule has 3 nitrogen and oxygen atoms in total. The Morgan fingerprint density at radius 2 is 1.36 bits per heavy atom. The van der Waals surface area contributed by atoms with Crippen molar-refractivity contribution in [2.75, 3.05) is 0 Å². The van der Waals surface area contributed by atoms with Crippen LogP contribution in [0, 0.1) is 0 Å². The first kappa shape index (κ1) is 15.2. The molecule has 3 heteroatoms. The smallest absolute Gasteiger partial charge is 0.344 e. The molecule has 1 aliphatic rings. The van der Waals surface area contributed by atoms with Crippen LogP contribution in [-0.2, 0) is 11.3 Å². The molecule has 1 N–H and O–H groups in total. The van der Waals surface area contributed by atoms with Crippen molar-refractivity contribution in [2.45, 2.75) is 6.54 Å². The first-order valence-electron chi connectivity index (χ1n) is 8.22. The lowest BCUT2D eigenvalue weighted by atomic mass is 10.0. The lowest BCUT2D eigenvalue weighted by Gasteiger charge is -2.14. The summed E-state index contributed by atoms with van der Waals surface area (Å²) in [5.74, 6) is 0.281. The van der Waals surface area contributed by atoms with Gasteiger partial charge in [-0.05, 0) is 11.6 Å². The summed E-state index contributed by atoms with van der Waals surface area (Å²) < 4.78 is 5.61. The second-order valence-electron chi connectivity index (χ2n) is 5.84. The average molecular weight is 327 g/mol. The molecule has 0 saturated heterocycles. The van der Waals surface area contributed by atoms with E-state index in [1.165, 1.54) is 0 Å². The molecule has 25 heavy (non-hydrogen) atoms.